The number of amides is 2. The number of piperidine rings is 1. The highest BCUT2D eigenvalue weighted by Gasteiger charge is 2.34. The number of nitrogens with one attached hydrogen (secondary N) is 2. The monoisotopic (exact) mass is 354 g/mol. The Bertz CT molecular complexity index is 781. The molecular formula is C19H22N4O3. The predicted molar refractivity (Wildman–Crippen MR) is 94.7 cm³/mol. The first-order chi connectivity index (χ1) is 12.7. The van der Waals surface area contributed by atoms with Gasteiger partial charge in [-0.2, -0.15) is 5.10 Å². The van der Waals surface area contributed by atoms with Gasteiger partial charge in [0.05, 0.1) is 5.69 Å². The molecule has 0 unspecified atom stereocenters. The van der Waals surface area contributed by atoms with E-state index in [0.29, 0.717) is 19.0 Å². The summed E-state index contributed by atoms with van der Waals surface area (Å²) in [5, 5.41) is 10.2. The fourth-order valence-corrected chi connectivity index (χ4v) is 3.63. The van der Waals surface area contributed by atoms with Gasteiger partial charge in [-0.3, -0.25) is 9.89 Å². The van der Waals surface area contributed by atoms with E-state index in [1.807, 2.05) is 23.1 Å². The molecule has 4 rings (SSSR count). The van der Waals surface area contributed by atoms with E-state index >= 15 is 0 Å². The zero-order valence-corrected chi connectivity index (χ0v) is 14.5. The maximum absolute atomic E-state index is 12.4. The normalized spacial score (nSPS) is 20.7. The Hall–Kier alpha value is -2.83. The number of hydrogen-bond acceptors (Lipinski definition) is 4. The Kier molecular flexibility index (Phi) is 4.60. The smallest absolute Gasteiger partial charge is 0.407 e. The van der Waals surface area contributed by atoms with E-state index in [0.717, 1.165) is 30.7 Å². The van der Waals surface area contributed by atoms with Crippen LogP contribution in [0.5, 0.6) is 0 Å². The minimum absolute atomic E-state index is 0.0545. The first-order valence-corrected chi connectivity index (χ1v) is 8.99. The highest BCUT2D eigenvalue weighted by molar-refractivity contribution is 5.87. The summed E-state index contributed by atoms with van der Waals surface area (Å²) in [4.78, 5) is 25.3. The van der Waals surface area contributed by atoms with Crippen molar-refractivity contribution in [2.45, 2.75) is 31.2 Å². The lowest BCUT2D eigenvalue weighted by atomic mass is 9.93. The maximum Gasteiger partial charge on any atom is 0.407 e. The van der Waals surface area contributed by atoms with E-state index in [4.69, 9.17) is 4.74 Å². The maximum atomic E-state index is 12.4. The van der Waals surface area contributed by atoms with E-state index in [1.54, 1.807) is 0 Å². The van der Waals surface area contributed by atoms with Crippen molar-refractivity contribution in [2.75, 3.05) is 19.7 Å². The Morgan fingerprint density at radius 1 is 1.23 bits per heavy atom. The molecule has 1 aromatic carbocycles. The molecule has 0 bridgehead atoms. The van der Waals surface area contributed by atoms with Gasteiger partial charge in [0.25, 0.3) is 0 Å². The SMILES string of the molecule is O=C1N[C@H](C(=O)N2CCC(c3cc(Cc4ccccc4)[nH]n3)CC2)CO1. The molecule has 136 valence electrons. The second-order valence-corrected chi connectivity index (χ2v) is 6.88. The number of cyclic esters (lactones) is 1. The molecule has 7 heteroatoms. The molecule has 2 aliphatic rings. The van der Waals surface area contributed by atoms with E-state index in [9.17, 15) is 9.59 Å². The number of hydrogen-bond donors (Lipinski definition) is 2. The summed E-state index contributed by atoms with van der Waals surface area (Å²) in [6, 6.07) is 11.9. The number of carbonyl (C=O) groups excluding carboxylic acids is 2. The summed E-state index contributed by atoms with van der Waals surface area (Å²) in [6.07, 6.45) is 2.08. The van der Waals surface area contributed by atoms with Crippen molar-refractivity contribution in [1.82, 2.24) is 20.4 Å². The number of likely N-dealkylation sites (tertiary alicyclic amines) is 1. The van der Waals surface area contributed by atoms with E-state index < -0.39 is 12.1 Å². The molecule has 26 heavy (non-hydrogen) atoms. The average molecular weight is 354 g/mol. The highest BCUT2D eigenvalue weighted by atomic mass is 16.6. The van der Waals surface area contributed by atoms with Gasteiger partial charge in [-0.15, -0.1) is 0 Å². The minimum atomic E-state index is -0.540. The Morgan fingerprint density at radius 2 is 2.00 bits per heavy atom. The summed E-state index contributed by atoms with van der Waals surface area (Å²) < 4.78 is 4.81. The van der Waals surface area contributed by atoms with Crippen LogP contribution < -0.4 is 5.32 Å². The van der Waals surface area contributed by atoms with Crippen LogP contribution in [-0.2, 0) is 16.0 Å². The van der Waals surface area contributed by atoms with Crippen molar-refractivity contribution in [1.29, 1.82) is 0 Å². The largest absolute Gasteiger partial charge is 0.447 e. The van der Waals surface area contributed by atoms with Gasteiger partial charge in [-0.1, -0.05) is 30.3 Å². The number of carbonyl (C=O) groups is 2. The highest BCUT2D eigenvalue weighted by Crippen LogP contribution is 2.28. The third kappa shape index (κ3) is 3.56. The number of benzene rings is 1. The third-order valence-corrected chi connectivity index (χ3v) is 5.08. The van der Waals surface area contributed by atoms with E-state index in [-0.39, 0.29) is 12.5 Å². The molecule has 0 spiro atoms. The van der Waals surface area contributed by atoms with Gasteiger partial charge in [0, 0.05) is 31.1 Å². The Balaban J connectivity index is 1.32. The van der Waals surface area contributed by atoms with Crippen LogP contribution in [0.25, 0.3) is 0 Å². The zero-order valence-electron chi connectivity index (χ0n) is 14.5. The first-order valence-electron chi connectivity index (χ1n) is 8.99. The van der Waals surface area contributed by atoms with Gasteiger partial charge < -0.3 is 15.0 Å². The van der Waals surface area contributed by atoms with E-state index in [2.05, 4.69) is 33.7 Å². The van der Waals surface area contributed by atoms with Gasteiger partial charge in [-0.05, 0) is 24.5 Å². The Labute approximate surface area is 151 Å². The van der Waals surface area contributed by atoms with Crippen molar-refractivity contribution < 1.29 is 14.3 Å². The van der Waals surface area contributed by atoms with Crippen LogP contribution in [-0.4, -0.2) is 52.8 Å². The zero-order chi connectivity index (χ0) is 17.9. The quantitative estimate of drug-likeness (QED) is 0.877. The van der Waals surface area contributed by atoms with Crippen LogP contribution in [0.3, 0.4) is 0 Å². The molecule has 2 fully saturated rings. The predicted octanol–water partition coefficient (Wildman–Crippen LogP) is 1.81. The molecule has 1 atom stereocenters. The number of nitrogens with zero attached hydrogens (tertiary/aromatic N) is 2. The van der Waals surface area contributed by atoms with Gasteiger partial charge in [0.1, 0.15) is 12.6 Å². The van der Waals surface area contributed by atoms with Gasteiger partial charge in [0.15, 0.2) is 0 Å². The molecule has 1 aromatic heterocycles. The topological polar surface area (TPSA) is 87.3 Å². The van der Waals surface area contributed by atoms with Gasteiger partial charge in [-0.25, -0.2) is 4.79 Å². The fourth-order valence-electron chi connectivity index (χ4n) is 3.63. The number of H-pyrrole nitrogens is 1. The molecule has 2 amide bonds. The van der Waals surface area contributed by atoms with Crippen LogP contribution in [0.4, 0.5) is 4.79 Å². The van der Waals surface area contributed by atoms with Crippen molar-refractivity contribution in [3.8, 4) is 0 Å². The molecular weight excluding hydrogens is 332 g/mol. The standard InChI is InChI=1S/C19H22N4O3/c24-18(17-12-26-19(25)20-17)23-8-6-14(7-9-23)16-11-15(21-22-16)10-13-4-2-1-3-5-13/h1-5,11,14,17H,6-10,12H2,(H,20,25)(H,21,22)/t17-/m0/s1. The number of aromatic amines is 1. The van der Waals surface area contributed by atoms with Crippen molar-refractivity contribution in [3.05, 3.63) is 53.3 Å². The molecule has 0 aliphatic carbocycles. The molecule has 2 aliphatic heterocycles. The number of alkyl carbamates (subject to hydrolysis) is 1. The molecule has 0 saturated carbocycles. The molecule has 2 saturated heterocycles. The van der Waals surface area contributed by atoms with E-state index in [1.165, 1.54) is 5.56 Å². The van der Waals surface area contributed by atoms with Crippen LogP contribution >= 0.6 is 0 Å². The lowest BCUT2D eigenvalue weighted by Crippen LogP contribution is -2.48. The summed E-state index contributed by atoms with van der Waals surface area (Å²) >= 11 is 0. The molecule has 2 N–H and O–H groups in total. The summed E-state index contributed by atoms with van der Waals surface area (Å²) in [6.45, 7) is 1.48. The average Bonchev–Trinajstić information content (AvgIpc) is 3.31. The lowest BCUT2D eigenvalue weighted by Gasteiger charge is -2.32. The Morgan fingerprint density at radius 3 is 2.69 bits per heavy atom. The van der Waals surface area contributed by atoms with Crippen molar-refractivity contribution in [3.63, 3.8) is 0 Å². The molecule has 0 radical (unpaired) electrons. The summed E-state index contributed by atoms with van der Waals surface area (Å²) in [5.74, 6) is 0.301. The third-order valence-electron chi connectivity index (χ3n) is 5.08. The number of ether oxygens (including phenoxy) is 1. The molecule has 7 nitrogen and oxygen atoms in total. The van der Waals surface area contributed by atoms with Crippen molar-refractivity contribution in [2.24, 2.45) is 0 Å². The van der Waals surface area contributed by atoms with Crippen LogP contribution in [0, 0.1) is 0 Å². The molecule has 2 aromatic rings. The second-order valence-electron chi connectivity index (χ2n) is 6.88. The van der Waals surface area contributed by atoms with Crippen LogP contribution in [0.2, 0.25) is 0 Å². The molecule has 3 heterocycles. The summed E-state index contributed by atoms with van der Waals surface area (Å²) in [7, 11) is 0. The van der Waals surface area contributed by atoms with Gasteiger partial charge >= 0.3 is 6.09 Å². The van der Waals surface area contributed by atoms with Gasteiger partial charge in [0.2, 0.25) is 5.91 Å². The summed E-state index contributed by atoms with van der Waals surface area (Å²) in [5.41, 5.74) is 3.43. The number of rotatable bonds is 4. The lowest BCUT2D eigenvalue weighted by molar-refractivity contribution is -0.134. The van der Waals surface area contributed by atoms with Crippen LogP contribution in [0.1, 0.15) is 35.7 Å². The van der Waals surface area contributed by atoms with Crippen molar-refractivity contribution >= 4 is 12.0 Å². The second kappa shape index (κ2) is 7.19. The fraction of sp³-hybridized carbons (Fsp3) is 0.421. The minimum Gasteiger partial charge on any atom is -0.447 e. The number of aromatic nitrogens is 2. The first kappa shape index (κ1) is 16.6. The van der Waals surface area contributed by atoms with Crippen LogP contribution in [0.15, 0.2) is 36.4 Å².